The number of hydrogen-bond donors (Lipinski definition) is 3. The number of esters is 4. The molecule has 0 spiro atoms. The number of allylic oxidation sites excluding steroid dienone is 4. The Morgan fingerprint density at radius 2 is 0.607 bits per heavy atom. The monoisotopic (exact) mass is 1310 g/mol. The van der Waals surface area contributed by atoms with Crippen LogP contribution in [-0.2, 0) is 65.4 Å². The fourth-order valence-corrected chi connectivity index (χ4v) is 11.7. The van der Waals surface area contributed by atoms with Gasteiger partial charge in [-0.2, -0.15) is 0 Å². The van der Waals surface area contributed by atoms with E-state index in [2.05, 4.69) is 58.9 Å². The number of unbranched alkanes of at least 4 members (excludes halogenated alkanes) is 37. The second-order valence-electron chi connectivity index (χ2n) is 25.1. The Labute approximate surface area is 542 Å². The molecular weight excluding hydrogens is 1170 g/mol. The van der Waals surface area contributed by atoms with Crippen LogP contribution in [0.4, 0.5) is 0 Å². The Balaban J connectivity index is 5.27. The topological polar surface area (TPSA) is 237 Å². The van der Waals surface area contributed by atoms with Crippen LogP contribution in [0.2, 0.25) is 0 Å². The number of carbonyl (C=O) groups is 4. The van der Waals surface area contributed by atoms with Crippen LogP contribution < -0.4 is 0 Å². The SMILES string of the molecule is CCCCCC/C=C\C=C/CCCCCCCC(=O)O[C@H](COC(=O)CCCCCCCCCCCCCCCC)COP(=O)(O)OC[C@@H](O)COP(=O)(O)OC[C@@H](COC(=O)CCCCCCCCCCC)OC(=O)CCCCCCCCCCC(C)C. The molecule has 0 aromatic rings. The minimum Gasteiger partial charge on any atom is -0.462 e. The zero-order chi connectivity index (χ0) is 65.6. The van der Waals surface area contributed by atoms with Crippen molar-refractivity contribution in [3.8, 4) is 0 Å². The molecule has 0 saturated heterocycles. The lowest BCUT2D eigenvalue weighted by molar-refractivity contribution is -0.161. The maximum atomic E-state index is 13.0. The van der Waals surface area contributed by atoms with Gasteiger partial charge in [0.2, 0.25) is 0 Å². The summed E-state index contributed by atoms with van der Waals surface area (Å²) >= 11 is 0. The predicted molar refractivity (Wildman–Crippen MR) is 358 cm³/mol. The van der Waals surface area contributed by atoms with Crippen molar-refractivity contribution in [2.24, 2.45) is 5.92 Å². The van der Waals surface area contributed by atoms with Gasteiger partial charge in [-0.15, -0.1) is 0 Å². The Bertz CT molecular complexity index is 1810. The quantitative estimate of drug-likeness (QED) is 0.0169. The maximum Gasteiger partial charge on any atom is 0.472 e. The lowest BCUT2D eigenvalue weighted by Gasteiger charge is -2.21. The fraction of sp³-hybridized carbons (Fsp3) is 0.886. The van der Waals surface area contributed by atoms with E-state index in [1.807, 2.05) is 0 Å². The van der Waals surface area contributed by atoms with E-state index >= 15 is 0 Å². The zero-order valence-corrected chi connectivity index (χ0v) is 58.8. The van der Waals surface area contributed by atoms with Crippen LogP contribution in [0.5, 0.6) is 0 Å². The Kier molecular flexibility index (Phi) is 61.2. The second-order valence-corrected chi connectivity index (χ2v) is 28.0. The zero-order valence-electron chi connectivity index (χ0n) is 57.0. The second kappa shape index (κ2) is 63.0. The van der Waals surface area contributed by atoms with E-state index in [1.165, 1.54) is 148 Å². The van der Waals surface area contributed by atoms with Gasteiger partial charge in [-0.05, 0) is 57.3 Å². The molecule has 19 heteroatoms. The van der Waals surface area contributed by atoms with Crippen molar-refractivity contribution in [2.75, 3.05) is 39.6 Å². The first-order valence-corrected chi connectivity index (χ1v) is 38.9. The highest BCUT2D eigenvalue weighted by Gasteiger charge is 2.30. The first-order valence-electron chi connectivity index (χ1n) is 36.0. The molecule has 89 heavy (non-hydrogen) atoms. The highest BCUT2D eigenvalue weighted by atomic mass is 31.2. The van der Waals surface area contributed by atoms with Crippen molar-refractivity contribution in [3.05, 3.63) is 24.3 Å². The Morgan fingerprint density at radius 1 is 0.348 bits per heavy atom. The first-order chi connectivity index (χ1) is 43.0. The molecule has 0 rings (SSSR count). The van der Waals surface area contributed by atoms with Crippen molar-refractivity contribution in [3.63, 3.8) is 0 Å². The summed E-state index contributed by atoms with van der Waals surface area (Å²) in [6, 6.07) is 0. The minimum atomic E-state index is -4.96. The molecule has 0 heterocycles. The molecule has 2 unspecified atom stereocenters. The molecule has 17 nitrogen and oxygen atoms in total. The largest absolute Gasteiger partial charge is 0.472 e. The molecule has 0 aliphatic heterocycles. The van der Waals surface area contributed by atoms with Gasteiger partial charge in [0.15, 0.2) is 12.2 Å². The number of phosphoric acid groups is 2. The van der Waals surface area contributed by atoms with Crippen LogP contribution in [0.15, 0.2) is 24.3 Å². The molecule has 0 aliphatic carbocycles. The molecule has 0 amide bonds. The summed E-state index contributed by atoms with van der Waals surface area (Å²) in [5.74, 6) is -1.44. The van der Waals surface area contributed by atoms with Crippen LogP contribution in [0.3, 0.4) is 0 Å². The van der Waals surface area contributed by atoms with Crippen molar-refractivity contribution in [1.29, 1.82) is 0 Å². The molecular formula is C70H132O17P2. The third-order valence-electron chi connectivity index (χ3n) is 15.7. The van der Waals surface area contributed by atoms with Gasteiger partial charge in [0.1, 0.15) is 19.3 Å². The highest BCUT2D eigenvalue weighted by molar-refractivity contribution is 7.47. The van der Waals surface area contributed by atoms with E-state index in [0.717, 1.165) is 109 Å². The van der Waals surface area contributed by atoms with Crippen molar-refractivity contribution >= 4 is 39.5 Å². The normalized spacial score (nSPS) is 14.3. The summed E-state index contributed by atoms with van der Waals surface area (Å²) in [6.45, 7) is 7.12. The lowest BCUT2D eigenvalue weighted by Crippen LogP contribution is -2.30. The van der Waals surface area contributed by atoms with E-state index < -0.39 is 97.5 Å². The standard InChI is InChI=1S/C70H132O17P2/c1-6-9-12-15-18-21-23-25-27-29-31-34-40-45-50-55-69(74)86-65(60-81-68(73)54-49-44-39-33-30-28-26-24-22-19-16-13-10-7-2)61-84-88(76,77)82-57-64(71)58-83-89(78,79)85-62-66(59-80-67(72)53-48-43-38-32-20-17-14-11-8-3)87-70(75)56-51-46-41-36-35-37-42-47-52-63(4)5/h21,23,25,27,63-66,71H,6-20,22,24,26,28-62H2,1-5H3,(H,76,77)(H,78,79)/b23-21-,27-25-/t64-,65-,66-/m1/s1. The van der Waals surface area contributed by atoms with Gasteiger partial charge in [-0.25, -0.2) is 9.13 Å². The number of hydrogen-bond acceptors (Lipinski definition) is 15. The van der Waals surface area contributed by atoms with E-state index in [1.54, 1.807) is 0 Å². The number of ether oxygens (including phenoxy) is 4. The molecule has 0 aromatic carbocycles. The van der Waals surface area contributed by atoms with Gasteiger partial charge >= 0.3 is 39.5 Å². The molecule has 0 bridgehead atoms. The number of phosphoric ester groups is 2. The van der Waals surface area contributed by atoms with Crippen molar-refractivity contribution in [1.82, 2.24) is 0 Å². The summed E-state index contributed by atoms with van der Waals surface area (Å²) in [5, 5.41) is 10.6. The Hall–Kier alpha value is -2.46. The molecule has 3 N–H and O–H groups in total. The molecule has 0 saturated carbocycles. The molecule has 0 aliphatic rings. The van der Waals surface area contributed by atoms with Crippen LogP contribution in [-0.4, -0.2) is 96.7 Å². The smallest absolute Gasteiger partial charge is 0.462 e. The summed E-state index contributed by atoms with van der Waals surface area (Å²) in [5.41, 5.74) is 0. The van der Waals surface area contributed by atoms with Crippen molar-refractivity contribution in [2.45, 2.75) is 355 Å². The van der Waals surface area contributed by atoms with E-state index in [-0.39, 0.29) is 25.7 Å². The molecule has 0 fully saturated rings. The van der Waals surface area contributed by atoms with E-state index in [0.29, 0.717) is 25.7 Å². The lowest BCUT2D eigenvalue weighted by atomic mass is 10.0. The first kappa shape index (κ1) is 86.5. The van der Waals surface area contributed by atoms with Gasteiger partial charge in [0.25, 0.3) is 0 Å². The average molecular weight is 1310 g/mol. The van der Waals surface area contributed by atoms with Gasteiger partial charge in [0, 0.05) is 25.7 Å². The molecule has 0 aromatic heterocycles. The fourth-order valence-electron chi connectivity index (χ4n) is 10.1. The average Bonchev–Trinajstić information content (AvgIpc) is 3.59. The Morgan fingerprint density at radius 3 is 0.921 bits per heavy atom. The van der Waals surface area contributed by atoms with Crippen LogP contribution in [0.25, 0.3) is 0 Å². The minimum absolute atomic E-state index is 0.0854. The predicted octanol–water partition coefficient (Wildman–Crippen LogP) is 19.7. The van der Waals surface area contributed by atoms with Crippen LogP contribution >= 0.6 is 15.6 Å². The molecule has 0 radical (unpaired) electrons. The summed E-state index contributed by atoms with van der Waals surface area (Å²) in [4.78, 5) is 72.5. The van der Waals surface area contributed by atoms with Gasteiger partial charge < -0.3 is 33.8 Å². The third kappa shape index (κ3) is 64.1. The number of rotatable bonds is 68. The highest BCUT2D eigenvalue weighted by Crippen LogP contribution is 2.45. The number of aliphatic hydroxyl groups excluding tert-OH is 1. The van der Waals surface area contributed by atoms with Gasteiger partial charge in [0.05, 0.1) is 26.4 Å². The molecule has 524 valence electrons. The number of carbonyl (C=O) groups excluding carboxylic acids is 4. The summed E-state index contributed by atoms with van der Waals surface area (Å²) < 4.78 is 68.2. The van der Waals surface area contributed by atoms with Crippen molar-refractivity contribution < 1.29 is 80.2 Å². The van der Waals surface area contributed by atoms with E-state index in [9.17, 15) is 43.2 Å². The number of aliphatic hydroxyl groups is 1. The summed E-state index contributed by atoms with van der Waals surface area (Å²) in [7, 11) is -9.91. The van der Waals surface area contributed by atoms with Crippen LogP contribution in [0, 0.1) is 5.92 Å². The van der Waals surface area contributed by atoms with E-state index in [4.69, 9.17) is 37.0 Å². The third-order valence-corrected chi connectivity index (χ3v) is 17.6. The maximum absolute atomic E-state index is 13.0. The van der Waals surface area contributed by atoms with Gasteiger partial charge in [-0.3, -0.25) is 37.3 Å². The van der Waals surface area contributed by atoms with Gasteiger partial charge in [-0.1, -0.05) is 284 Å². The summed E-state index contributed by atoms with van der Waals surface area (Å²) in [6.07, 6.45) is 52.1. The van der Waals surface area contributed by atoms with Crippen LogP contribution in [0.1, 0.15) is 336 Å². The molecule has 5 atom stereocenters.